The highest BCUT2D eigenvalue weighted by atomic mass is 127. The van der Waals surface area contributed by atoms with Crippen LogP contribution in [-0.2, 0) is 0 Å². The molecule has 110 valence electrons. The molecular weight excluding hydrogens is 471 g/mol. The van der Waals surface area contributed by atoms with Gasteiger partial charge in [0.05, 0.1) is 11.3 Å². The van der Waals surface area contributed by atoms with E-state index in [-0.39, 0.29) is 11.5 Å². The molecule has 8 heteroatoms. The summed E-state index contributed by atoms with van der Waals surface area (Å²) in [5, 5.41) is 9.58. The van der Waals surface area contributed by atoms with Crippen LogP contribution in [0.1, 0.15) is 26.4 Å². The number of benzene rings is 1. The van der Waals surface area contributed by atoms with Crippen molar-refractivity contribution >= 4 is 66.9 Å². The molecule has 0 spiro atoms. The van der Waals surface area contributed by atoms with Crippen LogP contribution in [0.4, 0.5) is 5.00 Å². The third-order valence-corrected chi connectivity index (χ3v) is 5.21. The van der Waals surface area contributed by atoms with E-state index in [4.69, 9.17) is 0 Å². The molecule has 1 heterocycles. The first-order valence-electron chi connectivity index (χ1n) is 5.75. The Morgan fingerprint density at radius 1 is 1.43 bits per heavy atom. The summed E-state index contributed by atoms with van der Waals surface area (Å²) in [5.74, 6) is -1.37. The molecule has 0 atom stereocenters. The van der Waals surface area contributed by atoms with Gasteiger partial charge >= 0.3 is 5.97 Å². The zero-order chi connectivity index (χ0) is 15.7. The third kappa shape index (κ3) is 3.27. The maximum absolute atomic E-state index is 12.6. The van der Waals surface area contributed by atoms with E-state index in [9.17, 15) is 14.7 Å². The molecule has 0 fully saturated rings. The molecule has 1 aromatic heterocycles. The van der Waals surface area contributed by atoms with Crippen LogP contribution < -0.4 is 4.90 Å². The largest absolute Gasteiger partial charge is 0.478 e. The number of carboxylic acid groups (broad SMARTS) is 1. The standard InChI is InChI=1S/C13H10BrIN2O3S/c1-6-10(13(19)20)12(21-16-6)17(2)11(18)8-5-7(15)3-4-9(8)14/h3-5H,1-2H3,(H,19,20). The summed E-state index contributed by atoms with van der Waals surface area (Å²) in [6, 6.07) is 5.41. The van der Waals surface area contributed by atoms with Crippen molar-refractivity contribution in [2.75, 3.05) is 11.9 Å². The summed E-state index contributed by atoms with van der Waals surface area (Å²) >= 11 is 6.47. The lowest BCUT2D eigenvalue weighted by Gasteiger charge is -2.17. The number of carbonyl (C=O) groups is 2. The van der Waals surface area contributed by atoms with E-state index in [0.29, 0.717) is 20.7 Å². The average Bonchev–Trinajstić information content (AvgIpc) is 2.81. The molecule has 0 aliphatic carbocycles. The fourth-order valence-electron chi connectivity index (χ4n) is 1.77. The fraction of sp³-hybridized carbons (Fsp3) is 0.154. The van der Waals surface area contributed by atoms with Gasteiger partial charge in [0, 0.05) is 15.1 Å². The van der Waals surface area contributed by atoms with Gasteiger partial charge in [0.2, 0.25) is 0 Å². The van der Waals surface area contributed by atoms with E-state index < -0.39 is 5.97 Å². The average molecular weight is 481 g/mol. The number of rotatable bonds is 3. The molecule has 0 unspecified atom stereocenters. The minimum atomic E-state index is -1.09. The van der Waals surface area contributed by atoms with Crippen molar-refractivity contribution in [1.82, 2.24) is 4.37 Å². The van der Waals surface area contributed by atoms with Crippen LogP contribution in [0, 0.1) is 10.5 Å². The monoisotopic (exact) mass is 480 g/mol. The summed E-state index contributed by atoms with van der Waals surface area (Å²) in [6.07, 6.45) is 0. The number of amides is 1. The van der Waals surface area contributed by atoms with Crippen molar-refractivity contribution in [3.8, 4) is 0 Å². The third-order valence-electron chi connectivity index (χ3n) is 2.83. The van der Waals surface area contributed by atoms with Gasteiger partial charge in [0.1, 0.15) is 10.6 Å². The molecule has 0 bridgehead atoms. The van der Waals surface area contributed by atoms with Crippen molar-refractivity contribution in [2.45, 2.75) is 6.92 Å². The molecular formula is C13H10BrIN2O3S. The number of hydrogen-bond donors (Lipinski definition) is 1. The van der Waals surface area contributed by atoms with Crippen LogP contribution >= 0.6 is 50.1 Å². The van der Waals surface area contributed by atoms with Crippen LogP contribution in [0.15, 0.2) is 22.7 Å². The number of nitrogens with zero attached hydrogens (tertiary/aromatic N) is 2. The number of carboxylic acids is 1. The zero-order valence-corrected chi connectivity index (χ0v) is 15.6. The van der Waals surface area contributed by atoms with Gasteiger partial charge in [-0.05, 0) is 75.2 Å². The first-order valence-corrected chi connectivity index (χ1v) is 8.40. The smallest absolute Gasteiger partial charge is 0.340 e. The van der Waals surface area contributed by atoms with Gasteiger partial charge in [-0.25, -0.2) is 4.79 Å². The topological polar surface area (TPSA) is 70.5 Å². The van der Waals surface area contributed by atoms with Crippen molar-refractivity contribution in [2.24, 2.45) is 0 Å². The molecule has 0 saturated heterocycles. The molecule has 2 aromatic rings. The van der Waals surface area contributed by atoms with Crippen LogP contribution in [0.5, 0.6) is 0 Å². The van der Waals surface area contributed by atoms with Gasteiger partial charge in [-0.1, -0.05) is 0 Å². The van der Waals surface area contributed by atoms with Crippen LogP contribution in [-0.4, -0.2) is 28.4 Å². The Kier molecular flexibility index (Phi) is 4.99. The Hall–Kier alpha value is -1.00. The fourth-order valence-corrected chi connectivity index (χ4v) is 3.52. The molecule has 0 saturated carbocycles. The predicted octanol–water partition coefficient (Wildman–Crippen LogP) is 3.79. The second-order valence-corrected chi connectivity index (χ2v) is 7.09. The van der Waals surface area contributed by atoms with Gasteiger partial charge in [-0.2, -0.15) is 4.37 Å². The van der Waals surface area contributed by atoms with Gasteiger partial charge in [0.15, 0.2) is 0 Å². The van der Waals surface area contributed by atoms with Crippen LogP contribution in [0.3, 0.4) is 0 Å². The number of aromatic nitrogens is 1. The summed E-state index contributed by atoms with van der Waals surface area (Å²) < 4.78 is 5.62. The minimum absolute atomic E-state index is 0.0672. The van der Waals surface area contributed by atoms with E-state index in [1.807, 2.05) is 6.07 Å². The second-order valence-electron chi connectivity index (χ2n) is 4.24. The molecule has 1 amide bonds. The van der Waals surface area contributed by atoms with E-state index >= 15 is 0 Å². The van der Waals surface area contributed by atoms with Gasteiger partial charge in [-0.15, -0.1) is 0 Å². The van der Waals surface area contributed by atoms with Gasteiger partial charge in [0.25, 0.3) is 5.91 Å². The highest BCUT2D eigenvalue weighted by Crippen LogP contribution is 2.30. The molecule has 1 N–H and O–H groups in total. The predicted molar refractivity (Wildman–Crippen MR) is 93.4 cm³/mol. The minimum Gasteiger partial charge on any atom is -0.478 e. The first kappa shape index (κ1) is 16.4. The molecule has 1 aromatic carbocycles. The lowest BCUT2D eigenvalue weighted by Crippen LogP contribution is -2.27. The number of anilines is 1. The highest BCUT2D eigenvalue weighted by Gasteiger charge is 2.25. The van der Waals surface area contributed by atoms with E-state index in [1.165, 1.54) is 4.90 Å². The Labute approximate surface area is 147 Å². The molecule has 21 heavy (non-hydrogen) atoms. The lowest BCUT2D eigenvalue weighted by atomic mass is 10.2. The Balaban J connectivity index is 2.45. The maximum Gasteiger partial charge on any atom is 0.340 e. The quantitative estimate of drug-likeness (QED) is 0.678. The zero-order valence-electron chi connectivity index (χ0n) is 11.1. The molecule has 2 rings (SSSR count). The van der Waals surface area contributed by atoms with E-state index in [0.717, 1.165) is 15.1 Å². The number of aromatic carboxylic acids is 1. The van der Waals surface area contributed by atoms with Crippen LogP contribution in [0.25, 0.3) is 0 Å². The molecule has 0 aliphatic heterocycles. The van der Waals surface area contributed by atoms with E-state index in [1.54, 1.807) is 26.1 Å². The SMILES string of the molecule is Cc1nsc(N(C)C(=O)c2cc(I)ccc2Br)c1C(=O)O. The summed E-state index contributed by atoms with van der Waals surface area (Å²) in [5.41, 5.74) is 0.952. The van der Waals surface area contributed by atoms with Gasteiger partial charge in [-0.3, -0.25) is 4.79 Å². The first-order chi connectivity index (χ1) is 9.82. The number of hydrogen-bond acceptors (Lipinski definition) is 4. The number of aryl methyl sites for hydroxylation is 1. The Bertz CT molecular complexity index is 732. The van der Waals surface area contributed by atoms with Crippen molar-refractivity contribution in [1.29, 1.82) is 0 Å². The van der Waals surface area contributed by atoms with Crippen molar-refractivity contribution in [3.63, 3.8) is 0 Å². The molecule has 5 nitrogen and oxygen atoms in total. The summed E-state index contributed by atoms with van der Waals surface area (Å²) in [6.45, 7) is 1.61. The Morgan fingerprint density at radius 2 is 2.10 bits per heavy atom. The van der Waals surface area contributed by atoms with Crippen LogP contribution in [0.2, 0.25) is 0 Å². The summed E-state index contributed by atoms with van der Waals surface area (Å²) in [7, 11) is 1.55. The normalized spacial score (nSPS) is 10.5. The molecule has 0 aliphatic rings. The van der Waals surface area contributed by atoms with Crippen molar-refractivity contribution < 1.29 is 14.7 Å². The van der Waals surface area contributed by atoms with Gasteiger partial charge < -0.3 is 10.0 Å². The molecule has 0 radical (unpaired) electrons. The maximum atomic E-state index is 12.6. The lowest BCUT2D eigenvalue weighted by molar-refractivity contribution is 0.0697. The Morgan fingerprint density at radius 3 is 2.71 bits per heavy atom. The highest BCUT2D eigenvalue weighted by molar-refractivity contribution is 14.1. The van der Waals surface area contributed by atoms with E-state index in [2.05, 4.69) is 42.9 Å². The van der Waals surface area contributed by atoms with Crippen molar-refractivity contribution in [3.05, 3.63) is 43.1 Å². The summed E-state index contributed by atoms with van der Waals surface area (Å²) in [4.78, 5) is 25.2. The number of carbonyl (C=O) groups excluding carboxylic acids is 1. The number of halogens is 2. The second kappa shape index (κ2) is 6.41.